The Kier molecular flexibility index (Phi) is 6.98. The Balaban J connectivity index is 1.45. The lowest BCUT2D eigenvalue weighted by molar-refractivity contribution is 0.0565. The maximum absolute atomic E-state index is 12.4. The van der Waals surface area contributed by atoms with Crippen LogP contribution in [0.4, 0.5) is 10.5 Å². The van der Waals surface area contributed by atoms with Gasteiger partial charge in [0, 0.05) is 25.2 Å². The van der Waals surface area contributed by atoms with E-state index < -0.39 is 17.7 Å². The average molecular weight is 496 g/mol. The molecule has 1 aliphatic heterocycles. The Bertz CT molecular complexity index is 1240. The van der Waals surface area contributed by atoms with Gasteiger partial charge in [-0.25, -0.2) is 9.59 Å². The first-order valence-corrected chi connectivity index (χ1v) is 12.1. The van der Waals surface area contributed by atoms with Crippen LogP contribution in [0.1, 0.15) is 47.5 Å². The summed E-state index contributed by atoms with van der Waals surface area (Å²) in [5.41, 5.74) is 2.29. The zero-order valence-electron chi connectivity index (χ0n) is 20.3. The standard InChI is InChI=1S/C26H29N3O5S/c1-16(33-15-17-9-7-6-8-10-17)29-13-19(14-29)18-11-20-21(27-12-18)22(23(35-20)24(30)32-5)28-25(31)34-26(2,3)4/h6-12,19H,1,13-15H2,2-5H3,(H,28,31). The van der Waals surface area contributed by atoms with Crippen LogP contribution in [0.3, 0.4) is 0 Å². The number of anilines is 1. The lowest BCUT2D eigenvalue weighted by Gasteiger charge is -2.41. The van der Waals surface area contributed by atoms with Gasteiger partial charge in [0.25, 0.3) is 0 Å². The van der Waals surface area contributed by atoms with Crippen LogP contribution < -0.4 is 5.32 Å². The van der Waals surface area contributed by atoms with Crippen molar-refractivity contribution in [2.75, 3.05) is 25.5 Å². The molecule has 3 heterocycles. The number of likely N-dealkylation sites (tertiary alicyclic amines) is 1. The topological polar surface area (TPSA) is 90.0 Å². The fourth-order valence-corrected chi connectivity index (χ4v) is 4.78. The van der Waals surface area contributed by atoms with Gasteiger partial charge in [-0.05, 0) is 44.5 Å². The summed E-state index contributed by atoms with van der Waals surface area (Å²) < 4.78 is 16.9. The second-order valence-electron chi connectivity index (χ2n) is 9.31. The van der Waals surface area contributed by atoms with E-state index in [1.807, 2.05) is 36.4 Å². The number of esters is 1. The number of pyridine rings is 1. The summed E-state index contributed by atoms with van der Waals surface area (Å²) in [6.45, 7) is 11.4. The largest absolute Gasteiger partial charge is 0.475 e. The average Bonchev–Trinajstić information content (AvgIpc) is 3.13. The highest BCUT2D eigenvalue weighted by Crippen LogP contribution is 2.38. The Morgan fingerprint density at radius 1 is 1.23 bits per heavy atom. The molecule has 2 aromatic heterocycles. The van der Waals surface area contributed by atoms with Gasteiger partial charge in [-0.3, -0.25) is 10.3 Å². The van der Waals surface area contributed by atoms with Crippen molar-refractivity contribution in [3.63, 3.8) is 0 Å². The highest BCUT2D eigenvalue weighted by molar-refractivity contribution is 7.21. The number of ether oxygens (including phenoxy) is 3. The van der Waals surface area contributed by atoms with Crippen LogP contribution in [0.25, 0.3) is 10.2 Å². The maximum Gasteiger partial charge on any atom is 0.412 e. The van der Waals surface area contributed by atoms with Gasteiger partial charge in [0.15, 0.2) is 5.88 Å². The van der Waals surface area contributed by atoms with Crippen LogP contribution in [0.5, 0.6) is 0 Å². The molecule has 1 N–H and O–H groups in total. The SMILES string of the molecule is C=C(OCc1ccccc1)N1CC(c2cnc3c(NC(=O)OC(C)(C)C)c(C(=O)OC)sc3c2)C1. The molecule has 1 aromatic carbocycles. The normalized spacial score (nSPS) is 13.8. The molecule has 184 valence electrons. The van der Waals surface area contributed by atoms with Crippen molar-refractivity contribution in [3.8, 4) is 0 Å². The van der Waals surface area contributed by atoms with Crippen LogP contribution in [0.2, 0.25) is 0 Å². The van der Waals surface area contributed by atoms with Crippen molar-refractivity contribution in [2.24, 2.45) is 0 Å². The third kappa shape index (κ3) is 5.74. The Labute approximate surface area is 208 Å². The van der Waals surface area contributed by atoms with E-state index >= 15 is 0 Å². The number of methoxy groups -OCH3 is 1. The molecule has 0 unspecified atom stereocenters. The van der Waals surface area contributed by atoms with Gasteiger partial charge in [-0.2, -0.15) is 0 Å². The monoisotopic (exact) mass is 495 g/mol. The molecular formula is C26H29N3O5S. The summed E-state index contributed by atoms with van der Waals surface area (Å²) in [5.74, 6) is 0.365. The number of thiophene rings is 1. The van der Waals surface area contributed by atoms with Crippen molar-refractivity contribution in [1.82, 2.24) is 9.88 Å². The highest BCUT2D eigenvalue weighted by atomic mass is 32.1. The molecule has 0 saturated carbocycles. The van der Waals surface area contributed by atoms with E-state index in [1.165, 1.54) is 18.4 Å². The minimum absolute atomic E-state index is 0.259. The minimum Gasteiger partial charge on any atom is -0.475 e. The van der Waals surface area contributed by atoms with Crippen molar-refractivity contribution in [2.45, 2.75) is 38.9 Å². The predicted octanol–water partition coefficient (Wildman–Crippen LogP) is 5.52. The number of hydrogen-bond acceptors (Lipinski definition) is 8. The molecule has 1 amide bonds. The molecule has 0 aliphatic carbocycles. The molecule has 0 atom stereocenters. The van der Waals surface area contributed by atoms with Crippen LogP contribution in [0.15, 0.2) is 55.1 Å². The highest BCUT2D eigenvalue weighted by Gasteiger charge is 2.31. The first kappa shape index (κ1) is 24.5. The van der Waals surface area contributed by atoms with Gasteiger partial charge in [-0.15, -0.1) is 11.3 Å². The minimum atomic E-state index is -0.674. The van der Waals surface area contributed by atoms with E-state index in [4.69, 9.17) is 14.2 Å². The fraction of sp³-hybridized carbons (Fsp3) is 0.346. The van der Waals surface area contributed by atoms with E-state index in [1.54, 1.807) is 27.0 Å². The first-order valence-electron chi connectivity index (χ1n) is 11.3. The van der Waals surface area contributed by atoms with E-state index in [0.29, 0.717) is 23.7 Å². The Hall–Kier alpha value is -3.59. The summed E-state index contributed by atoms with van der Waals surface area (Å²) in [5, 5.41) is 2.68. The van der Waals surface area contributed by atoms with Gasteiger partial charge >= 0.3 is 12.1 Å². The molecule has 35 heavy (non-hydrogen) atoms. The number of rotatable bonds is 7. The summed E-state index contributed by atoms with van der Waals surface area (Å²) in [6.07, 6.45) is 1.13. The predicted molar refractivity (Wildman–Crippen MR) is 136 cm³/mol. The maximum atomic E-state index is 12.4. The molecular weight excluding hydrogens is 466 g/mol. The number of nitrogens with one attached hydrogen (secondary N) is 1. The third-order valence-corrected chi connectivity index (χ3v) is 6.61. The zero-order valence-corrected chi connectivity index (χ0v) is 21.1. The summed E-state index contributed by atoms with van der Waals surface area (Å²) in [7, 11) is 1.30. The van der Waals surface area contributed by atoms with Gasteiger partial charge in [0.05, 0.1) is 17.5 Å². The molecule has 1 aliphatic rings. The molecule has 9 heteroatoms. The molecule has 0 radical (unpaired) electrons. The van der Waals surface area contributed by atoms with E-state index in [9.17, 15) is 9.59 Å². The van der Waals surface area contributed by atoms with Crippen molar-refractivity contribution >= 4 is 39.3 Å². The quantitative estimate of drug-likeness (QED) is 0.341. The molecule has 0 bridgehead atoms. The molecule has 8 nitrogen and oxygen atoms in total. The van der Waals surface area contributed by atoms with Gasteiger partial charge in [0.2, 0.25) is 0 Å². The summed E-state index contributed by atoms with van der Waals surface area (Å²) >= 11 is 1.23. The van der Waals surface area contributed by atoms with Crippen LogP contribution in [-0.2, 0) is 20.8 Å². The van der Waals surface area contributed by atoms with Crippen molar-refractivity contribution in [1.29, 1.82) is 0 Å². The molecule has 1 saturated heterocycles. The molecule has 0 spiro atoms. The number of nitrogens with zero attached hydrogens (tertiary/aromatic N) is 2. The van der Waals surface area contributed by atoms with Gasteiger partial charge in [0.1, 0.15) is 22.6 Å². The van der Waals surface area contributed by atoms with Crippen LogP contribution >= 0.6 is 11.3 Å². The molecule has 1 fully saturated rings. The number of aromatic nitrogens is 1. The Morgan fingerprint density at radius 2 is 1.94 bits per heavy atom. The smallest absolute Gasteiger partial charge is 0.412 e. The summed E-state index contributed by atoms with van der Waals surface area (Å²) in [6, 6.07) is 12.0. The fourth-order valence-electron chi connectivity index (χ4n) is 3.70. The van der Waals surface area contributed by atoms with E-state index in [-0.39, 0.29) is 10.8 Å². The lowest BCUT2D eigenvalue weighted by Crippen LogP contribution is -2.44. The second-order valence-corrected chi connectivity index (χ2v) is 10.4. The Morgan fingerprint density at radius 3 is 2.60 bits per heavy atom. The number of carbonyl (C=O) groups excluding carboxylic acids is 2. The number of benzene rings is 1. The second kappa shape index (κ2) is 9.95. The number of carbonyl (C=O) groups is 2. The van der Waals surface area contributed by atoms with Gasteiger partial charge in [-0.1, -0.05) is 30.3 Å². The van der Waals surface area contributed by atoms with E-state index in [2.05, 4.69) is 21.8 Å². The lowest BCUT2D eigenvalue weighted by atomic mass is 9.93. The van der Waals surface area contributed by atoms with Gasteiger partial charge < -0.3 is 19.1 Å². The van der Waals surface area contributed by atoms with Crippen molar-refractivity contribution in [3.05, 3.63) is 71.1 Å². The number of amides is 1. The van der Waals surface area contributed by atoms with Crippen molar-refractivity contribution < 1.29 is 23.8 Å². The molecule has 4 rings (SSSR count). The third-order valence-electron chi connectivity index (χ3n) is 5.50. The molecule has 3 aromatic rings. The number of hydrogen-bond donors (Lipinski definition) is 1. The first-order chi connectivity index (χ1) is 16.6. The van der Waals surface area contributed by atoms with E-state index in [0.717, 1.165) is 28.9 Å². The van der Waals surface area contributed by atoms with Crippen LogP contribution in [-0.4, -0.2) is 47.7 Å². The zero-order chi connectivity index (χ0) is 25.2. The van der Waals surface area contributed by atoms with Crippen LogP contribution in [0, 0.1) is 0 Å². The summed E-state index contributed by atoms with van der Waals surface area (Å²) in [4.78, 5) is 31.7. The number of fused-ring (bicyclic) bond motifs is 1.